The molecule has 0 aromatic rings. The molecule has 1 N–H and O–H groups in total. The van der Waals surface area contributed by atoms with E-state index in [1.807, 2.05) is 0 Å². The van der Waals surface area contributed by atoms with Crippen molar-refractivity contribution in [1.29, 1.82) is 0 Å². The van der Waals surface area contributed by atoms with E-state index in [2.05, 4.69) is 10.2 Å². The van der Waals surface area contributed by atoms with Gasteiger partial charge >= 0.3 is 6.03 Å². The van der Waals surface area contributed by atoms with Crippen LogP contribution in [0.2, 0.25) is 0 Å². The van der Waals surface area contributed by atoms with Gasteiger partial charge in [0, 0.05) is 25.9 Å². The van der Waals surface area contributed by atoms with Gasteiger partial charge in [-0.1, -0.05) is 0 Å². The topological polar surface area (TPSA) is 71.1 Å². The van der Waals surface area contributed by atoms with Crippen LogP contribution in [0.1, 0.15) is 38.5 Å². The standard InChI is InChI=1S/C17H25N3O4/c21-14-17(12-1-2-12,13-3-4-13)18-15(22)20(14)11-19-7-5-16(6-8-19)23-9-10-24-16/h12-13H,1-11H2,(H,18,22). The van der Waals surface area contributed by atoms with Gasteiger partial charge in [0.25, 0.3) is 5.91 Å². The largest absolute Gasteiger partial charge is 0.347 e. The van der Waals surface area contributed by atoms with Gasteiger partial charge in [0.1, 0.15) is 5.54 Å². The van der Waals surface area contributed by atoms with Gasteiger partial charge in [-0.05, 0) is 37.5 Å². The van der Waals surface area contributed by atoms with E-state index >= 15 is 0 Å². The van der Waals surface area contributed by atoms with Gasteiger partial charge in [-0.15, -0.1) is 0 Å². The highest BCUT2D eigenvalue weighted by Gasteiger charge is 2.65. The van der Waals surface area contributed by atoms with Crippen LogP contribution in [0.15, 0.2) is 0 Å². The van der Waals surface area contributed by atoms with Crippen LogP contribution in [0.3, 0.4) is 0 Å². The molecule has 3 saturated heterocycles. The van der Waals surface area contributed by atoms with Gasteiger partial charge in [-0.2, -0.15) is 0 Å². The van der Waals surface area contributed by atoms with E-state index in [4.69, 9.17) is 9.47 Å². The summed E-state index contributed by atoms with van der Waals surface area (Å²) in [7, 11) is 0. The first-order valence-electron chi connectivity index (χ1n) is 9.27. The molecular formula is C17H25N3O4. The van der Waals surface area contributed by atoms with Crippen molar-refractivity contribution in [3.8, 4) is 0 Å². The number of nitrogens with one attached hydrogen (secondary N) is 1. The second-order valence-corrected chi connectivity index (χ2v) is 7.95. The highest BCUT2D eigenvalue weighted by molar-refractivity contribution is 6.07. The van der Waals surface area contributed by atoms with Crippen LogP contribution in [0.4, 0.5) is 4.79 Å². The number of nitrogens with zero attached hydrogens (tertiary/aromatic N) is 2. The van der Waals surface area contributed by atoms with Crippen molar-refractivity contribution >= 4 is 11.9 Å². The van der Waals surface area contributed by atoms with Gasteiger partial charge < -0.3 is 14.8 Å². The van der Waals surface area contributed by atoms with Crippen LogP contribution in [0.25, 0.3) is 0 Å². The SMILES string of the molecule is O=C1NC(C2CC2)(C2CC2)C(=O)N1CN1CCC2(CC1)OCCO2. The van der Waals surface area contributed by atoms with Crippen molar-refractivity contribution in [3.63, 3.8) is 0 Å². The summed E-state index contributed by atoms with van der Waals surface area (Å²) in [4.78, 5) is 29.2. The summed E-state index contributed by atoms with van der Waals surface area (Å²) in [5.41, 5.74) is -0.578. The number of likely N-dealkylation sites (tertiary alicyclic amines) is 1. The second kappa shape index (κ2) is 5.16. The molecule has 24 heavy (non-hydrogen) atoms. The molecule has 0 aromatic heterocycles. The summed E-state index contributed by atoms with van der Waals surface area (Å²) in [5.74, 6) is 0.318. The number of hydrogen-bond acceptors (Lipinski definition) is 5. The van der Waals surface area contributed by atoms with Gasteiger partial charge in [0.05, 0.1) is 19.9 Å². The molecule has 5 aliphatic rings. The molecule has 0 unspecified atom stereocenters. The van der Waals surface area contributed by atoms with E-state index in [0.717, 1.165) is 51.6 Å². The molecule has 7 heteroatoms. The average Bonchev–Trinajstić information content (AvgIpc) is 3.50. The van der Waals surface area contributed by atoms with Gasteiger partial charge in [-0.3, -0.25) is 9.69 Å². The Bertz CT molecular complexity index is 544. The quantitative estimate of drug-likeness (QED) is 0.773. The predicted molar refractivity (Wildman–Crippen MR) is 83.9 cm³/mol. The van der Waals surface area contributed by atoms with Gasteiger partial charge in [-0.25, -0.2) is 9.69 Å². The van der Waals surface area contributed by atoms with E-state index in [9.17, 15) is 9.59 Å². The van der Waals surface area contributed by atoms with Gasteiger partial charge in [0.2, 0.25) is 0 Å². The number of hydrogen-bond donors (Lipinski definition) is 1. The zero-order valence-electron chi connectivity index (χ0n) is 14.0. The molecule has 0 atom stereocenters. The van der Waals surface area contributed by atoms with Crippen molar-refractivity contribution in [2.24, 2.45) is 11.8 Å². The Kier molecular flexibility index (Phi) is 3.25. The first kappa shape index (κ1) is 15.1. The number of piperidine rings is 1. The minimum Gasteiger partial charge on any atom is -0.347 e. The van der Waals surface area contributed by atoms with Crippen LogP contribution in [0, 0.1) is 11.8 Å². The fourth-order valence-corrected chi connectivity index (χ4v) is 4.73. The minimum absolute atomic E-state index is 0.0196. The first-order chi connectivity index (χ1) is 11.6. The average molecular weight is 335 g/mol. The third-order valence-corrected chi connectivity index (χ3v) is 6.37. The lowest BCUT2D eigenvalue weighted by Crippen LogP contribution is -2.53. The maximum Gasteiger partial charge on any atom is 0.326 e. The molecule has 5 fully saturated rings. The highest BCUT2D eigenvalue weighted by atomic mass is 16.7. The Balaban J connectivity index is 1.26. The molecule has 0 radical (unpaired) electrons. The fraction of sp³-hybridized carbons (Fsp3) is 0.882. The van der Waals surface area contributed by atoms with E-state index in [0.29, 0.717) is 31.7 Å². The number of carbonyl (C=O) groups excluding carboxylic acids is 2. The van der Waals surface area contributed by atoms with Crippen molar-refractivity contribution in [3.05, 3.63) is 0 Å². The van der Waals surface area contributed by atoms with Crippen LogP contribution < -0.4 is 5.32 Å². The minimum atomic E-state index is -0.578. The number of carbonyl (C=O) groups is 2. The van der Waals surface area contributed by atoms with Crippen LogP contribution in [-0.2, 0) is 14.3 Å². The molecule has 1 spiro atoms. The lowest BCUT2D eigenvalue weighted by molar-refractivity contribution is -0.187. The Hall–Kier alpha value is -1.18. The molecule has 132 valence electrons. The number of ether oxygens (including phenoxy) is 2. The summed E-state index contributed by atoms with van der Waals surface area (Å²) in [5, 5.41) is 3.09. The summed E-state index contributed by atoms with van der Waals surface area (Å²) >= 11 is 0. The van der Waals surface area contributed by atoms with Crippen molar-refractivity contribution in [2.75, 3.05) is 33.0 Å². The van der Waals surface area contributed by atoms with Crippen LogP contribution in [0.5, 0.6) is 0 Å². The third-order valence-electron chi connectivity index (χ3n) is 6.37. The number of amides is 3. The summed E-state index contributed by atoms with van der Waals surface area (Å²) in [6.45, 7) is 3.30. The number of rotatable bonds is 4. The zero-order chi connectivity index (χ0) is 16.4. The number of urea groups is 1. The van der Waals surface area contributed by atoms with E-state index < -0.39 is 11.3 Å². The Morgan fingerprint density at radius 1 is 1.00 bits per heavy atom. The highest BCUT2D eigenvalue weighted by Crippen LogP contribution is 2.54. The molecule has 0 bridgehead atoms. The Morgan fingerprint density at radius 2 is 1.58 bits per heavy atom. The van der Waals surface area contributed by atoms with Crippen molar-refractivity contribution in [2.45, 2.75) is 49.9 Å². The molecule has 2 aliphatic carbocycles. The summed E-state index contributed by atoms with van der Waals surface area (Å²) in [6, 6.07) is -0.201. The molecule has 0 aromatic carbocycles. The second-order valence-electron chi connectivity index (χ2n) is 7.95. The van der Waals surface area contributed by atoms with E-state index in [1.165, 1.54) is 4.90 Å². The Labute approximate surface area is 141 Å². The third kappa shape index (κ3) is 2.21. The summed E-state index contributed by atoms with van der Waals surface area (Å²) < 4.78 is 11.5. The normalized spacial score (nSPS) is 32.6. The van der Waals surface area contributed by atoms with Crippen LogP contribution >= 0.6 is 0 Å². The Morgan fingerprint density at radius 3 is 2.12 bits per heavy atom. The molecule has 5 rings (SSSR count). The molecule has 2 saturated carbocycles. The predicted octanol–water partition coefficient (Wildman–Crippen LogP) is 0.893. The molecular weight excluding hydrogens is 310 g/mol. The van der Waals surface area contributed by atoms with Crippen LogP contribution in [-0.4, -0.2) is 66.0 Å². The van der Waals surface area contributed by atoms with E-state index in [1.54, 1.807) is 0 Å². The van der Waals surface area contributed by atoms with Crippen molar-refractivity contribution < 1.29 is 19.1 Å². The lowest BCUT2D eigenvalue weighted by atomic mass is 9.87. The maximum atomic E-state index is 13.1. The maximum absolute atomic E-state index is 13.1. The van der Waals surface area contributed by atoms with Crippen molar-refractivity contribution in [1.82, 2.24) is 15.1 Å². The van der Waals surface area contributed by atoms with E-state index in [-0.39, 0.29) is 11.9 Å². The molecule has 3 aliphatic heterocycles. The number of imide groups is 1. The lowest BCUT2D eigenvalue weighted by Gasteiger charge is -2.38. The monoisotopic (exact) mass is 335 g/mol. The smallest absolute Gasteiger partial charge is 0.326 e. The van der Waals surface area contributed by atoms with Gasteiger partial charge in [0.15, 0.2) is 5.79 Å². The zero-order valence-corrected chi connectivity index (χ0v) is 14.0. The molecule has 7 nitrogen and oxygen atoms in total. The fourth-order valence-electron chi connectivity index (χ4n) is 4.73. The molecule has 3 heterocycles. The first-order valence-corrected chi connectivity index (χ1v) is 9.27. The summed E-state index contributed by atoms with van der Waals surface area (Å²) in [6.07, 6.45) is 5.86. The molecule has 3 amide bonds.